The molecule has 0 unspecified atom stereocenters. The predicted molar refractivity (Wildman–Crippen MR) is 60.8 cm³/mol. The van der Waals surface area contributed by atoms with Crippen LogP contribution in [0.15, 0.2) is 4.99 Å². The molecule has 0 aliphatic rings. The molecule has 0 aliphatic heterocycles. The Labute approximate surface area is 87.1 Å². The van der Waals surface area contributed by atoms with Crippen molar-refractivity contribution < 1.29 is 4.74 Å². The number of unbranched alkanes of at least 4 members (excludes halogenated alkanes) is 2. The van der Waals surface area contributed by atoms with Gasteiger partial charge in [0.2, 0.25) is 0 Å². The largest absolute Gasteiger partial charge is 0.383 e. The number of ether oxygens (including phenoxy) is 1. The van der Waals surface area contributed by atoms with Gasteiger partial charge < -0.3 is 15.4 Å². The zero-order valence-corrected chi connectivity index (χ0v) is 9.60. The Hall–Kier alpha value is -0.770. The summed E-state index contributed by atoms with van der Waals surface area (Å²) in [5.74, 6) is 0.859. The van der Waals surface area contributed by atoms with Crippen LogP contribution in [0.4, 0.5) is 0 Å². The van der Waals surface area contributed by atoms with Gasteiger partial charge in [0.05, 0.1) is 6.61 Å². The molecule has 0 saturated carbocycles. The van der Waals surface area contributed by atoms with Gasteiger partial charge >= 0.3 is 0 Å². The molecule has 2 N–H and O–H groups in total. The first-order valence-electron chi connectivity index (χ1n) is 5.28. The van der Waals surface area contributed by atoms with Crippen LogP contribution in [-0.2, 0) is 4.74 Å². The normalized spacial score (nSPS) is 11.5. The van der Waals surface area contributed by atoms with Gasteiger partial charge in [-0.05, 0) is 6.42 Å². The average Bonchev–Trinajstić information content (AvgIpc) is 2.22. The highest BCUT2D eigenvalue weighted by Crippen LogP contribution is 1.90. The van der Waals surface area contributed by atoms with E-state index in [4.69, 9.17) is 4.74 Å². The highest BCUT2D eigenvalue weighted by molar-refractivity contribution is 5.79. The van der Waals surface area contributed by atoms with E-state index in [0.717, 1.165) is 19.0 Å². The number of nitrogens with one attached hydrogen (secondary N) is 2. The van der Waals surface area contributed by atoms with Gasteiger partial charge in [0.1, 0.15) is 0 Å². The molecule has 84 valence electrons. The summed E-state index contributed by atoms with van der Waals surface area (Å²) in [6.45, 7) is 4.69. The molecule has 0 saturated heterocycles. The van der Waals surface area contributed by atoms with Crippen molar-refractivity contribution in [2.75, 3.05) is 33.9 Å². The Morgan fingerprint density at radius 3 is 2.50 bits per heavy atom. The highest BCUT2D eigenvalue weighted by atomic mass is 16.5. The number of guanidine groups is 1. The van der Waals surface area contributed by atoms with Crippen molar-refractivity contribution >= 4 is 5.96 Å². The van der Waals surface area contributed by atoms with Gasteiger partial charge in [-0.1, -0.05) is 19.8 Å². The number of hydrogen-bond acceptors (Lipinski definition) is 2. The first-order valence-corrected chi connectivity index (χ1v) is 5.28. The first kappa shape index (κ1) is 13.2. The van der Waals surface area contributed by atoms with Gasteiger partial charge in [-0.15, -0.1) is 0 Å². The van der Waals surface area contributed by atoms with E-state index in [0.29, 0.717) is 6.61 Å². The molecule has 4 heteroatoms. The Kier molecular flexibility index (Phi) is 9.74. The number of hydrogen-bond donors (Lipinski definition) is 2. The Morgan fingerprint density at radius 1 is 1.21 bits per heavy atom. The van der Waals surface area contributed by atoms with Gasteiger partial charge in [0.25, 0.3) is 0 Å². The van der Waals surface area contributed by atoms with E-state index in [9.17, 15) is 0 Å². The predicted octanol–water partition coefficient (Wildman–Crippen LogP) is 0.988. The van der Waals surface area contributed by atoms with Crippen molar-refractivity contribution in [3.63, 3.8) is 0 Å². The Balaban J connectivity index is 3.39. The van der Waals surface area contributed by atoms with Crippen molar-refractivity contribution in [2.45, 2.75) is 26.2 Å². The second-order valence-electron chi connectivity index (χ2n) is 3.13. The first-order chi connectivity index (χ1) is 6.85. The van der Waals surface area contributed by atoms with Crippen LogP contribution in [0.1, 0.15) is 26.2 Å². The van der Waals surface area contributed by atoms with Crippen LogP contribution in [0.5, 0.6) is 0 Å². The topological polar surface area (TPSA) is 45.7 Å². The summed E-state index contributed by atoms with van der Waals surface area (Å²) < 4.78 is 4.93. The van der Waals surface area contributed by atoms with E-state index in [-0.39, 0.29) is 0 Å². The van der Waals surface area contributed by atoms with Crippen LogP contribution in [0.25, 0.3) is 0 Å². The van der Waals surface area contributed by atoms with Gasteiger partial charge in [0.15, 0.2) is 5.96 Å². The van der Waals surface area contributed by atoms with Crippen LogP contribution in [0.3, 0.4) is 0 Å². The number of aliphatic imine (C=N–C) groups is 1. The molecular weight excluding hydrogens is 178 g/mol. The molecule has 0 spiro atoms. The molecular formula is C10H23N3O. The maximum atomic E-state index is 4.93. The molecule has 0 aromatic carbocycles. The maximum Gasteiger partial charge on any atom is 0.191 e. The van der Waals surface area contributed by atoms with Crippen LogP contribution in [0, 0.1) is 0 Å². The third-order valence-electron chi connectivity index (χ3n) is 1.90. The molecule has 0 aliphatic carbocycles. The molecule has 14 heavy (non-hydrogen) atoms. The monoisotopic (exact) mass is 201 g/mol. The fourth-order valence-corrected chi connectivity index (χ4v) is 1.07. The standard InChI is InChI=1S/C10H23N3O/c1-4-5-6-7-12-10(11-2)13-8-9-14-3/h4-9H2,1-3H3,(H2,11,12,13). The van der Waals surface area contributed by atoms with Gasteiger partial charge in [-0.25, -0.2) is 0 Å². The summed E-state index contributed by atoms with van der Waals surface area (Å²) >= 11 is 0. The van der Waals surface area contributed by atoms with E-state index < -0.39 is 0 Å². The summed E-state index contributed by atoms with van der Waals surface area (Å²) in [5.41, 5.74) is 0. The molecule has 0 aromatic rings. The minimum atomic E-state index is 0.704. The summed E-state index contributed by atoms with van der Waals surface area (Å²) in [5, 5.41) is 6.41. The van der Waals surface area contributed by atoms with Gasteiger partial charge in [-0.3, -0.25) is 4.99 Å². The zero-order chi connectivity index (χ0) is 10.6. The Bertz CT molecular complexity index is 148. The van der Waals surface area contributed by atoms with Crippen LogP contribution in [-0.4, -0.2) is 39.8 Å². The fraction of sp³-hybridized carbons (Fsp3) is 0.900. The highest BCUT2D eigenvalue weighted by Gasteiger charge is 1.94. The number of rotatable bonds is 7. The van der Waals surface area contributed by atoms with Gasteiger partial charge in [0, 0.05) is 27.2 Å². The maximum absolute atomic E-state index is 4.93. The van der Waals surface area contributed by atoms with Crippen molar-refractivity contribution in [1.82, 2.24) is 10.6 Å². The average molecular weight is 201 g/mol. The number of methoxy groups -OCH3 is 1. The molecule has 0 bridgehead atoms. The third-order valence-corrected chi connectivity index (χ3v) is 1.90. The van der Waals surface area contributed by atoms with Gasteiger partial charge in [-0.2, -0.15) is 0 Å². The summed E-state index contributed by atoms with van der Waals surface area (Å²) in [6, 6.07) is 0. The lowest BCUT2D eigenvalue weighted by Gasteiger charge is -2.10. The summed E-state index contributed by atoms with van der Waals surface area (Å²) in [6.07, 6.45) is 3.71. The quantitative estimate of drug-likeness (QED) is 0.367. The number of nitrogens with zero attached hydrogens (tertiary/aromatic N) is 1. The van der Waals surface area contributed by atoms with E-state index in [1.807, 2.05) is 0 Å². The second-order valence-corrected chi connectivity index (χ2v) is 3.13. The molecule has 0 atom stereocenters. The van der Waals surface area contributed by atoms with Crippen LogP contribution >= 0.6 is 0 Å². The fourth-order valence-electron chi connectivity index (χ4n) is 1.07. The summed E-state index contributed by atoms with van der Waals surface area (Å²) in [4.78, 5) is 4.10. The van der Waals surface area contributed by atoms with Crippen molar-refractivity contribution in [2.24, 2.45) is 4.99 Å². The lowest BCUT2D eigenvalue weighted by molar-refractivity contribution is 0.203. The minimum absolute atomic E-state index is 0.704. The minimum Gasteiger partial charge on any atom is -0.383 e. The zero-order valence-electron chi connectivity index (χ0n) is 9.60. The van der Waals surface area contributed by atoms with E-state index in [2.05, 4.69) is 22.5 Å². The van der Waals surface area contributed by atoms with Crippen LogP contribution < -0.4 is 10.6 Å². The molecule has 0 heterocycles. The van der Waals surface area contributed by atoms with E-state index in [1.165, 1.54) is 19.3 Å². The molecule has 0 radical (unpaired) electrons. The Morgan fingerprint density at radius 2 is 1.93 bits per heavy atom. The third kappa shape index (κ3) is 7.86. The van der Waals surface area contributed by atoms with E-state index in [1.54, 1.807) is 14.2 Å². The van der Waals surface area contributed by atoms with Crippen molar-refractivity contribution in [1.29, 1.82) is 0 Å². The molecule has 4 nitrogen and oxygen atoms in total. The second kappa shape index (κ2) is 10.3. The summed E-state index contributed by atoms with van der Waals surface area (Å²) in [7, 11) is 3.47. The lowest BCUT2D eigenvalue weighted by atomic mass is 10.2. The molecule has 0 rings (SSSR count). The molecule has 0 aromatic heterocycles. The van der Waals surface area contributed by atoms with Crippen LogP contribution in [0.2, 0.25) is 0 Å². The van der Waals surface area contributed by atoms with Crippen molar-refractivity contribution in [3.05, 3.63) is 0 Å². The lowest BCUT2D eigenvalue weighted by Crippen LogP contribution is -2.39. The SMILES string of the molecule is CCCCCNC(=NC)NCCOC. The molecule has 0 amide bonds. The van der Waals surface area contributed by atoms with E-state index >= 15 is 0 Å². The van der Waals surface area contributed by atoms with Crippen molar-refractivity contribution in [3.8, 4) is 0 Å². The molecule has 0 fully saturated rings. The smallest absolute Gasteiger partial charge is 0.191 e.